The Hall–Kier alpha value is -1.96. The van der Waals surface area contributed by atoms with Gasteiger partial charge < -0.3 is 19.6 Å². The number of carbonyl (C=O) groups is 2. The number of likely N-dealkylation sites (N-methyl/N-ethyl adjacent to an activating group) is 1. The summed E-state index contributed by atoms with van der Waals surface area (Å²) in [5, 5.41) is 9.92. The molecular weight excluding hydrogens is 358 g/mol. The largest absolute Gasteiger partial charge is 0.394 e. The van der Waals surface area contributed by atoms with Gasteiger partial charge in [0.05, 0.1) is 38.4 Å². The first kappa shape index (κ1) is 20.8. The summed E-state index contributed by atoms with van der Waals surface area (Å²) in [6.07, 6.45) is 0.389. The molecule has 0 spiro atoms. The van der Waals surface area contributed by atoms with E-state index in [-0.39, 0.29) is 36.4 Å². The maximum absolute atomic E-state index is 12.7. The molecule has 3 rings (SSSR count). The first-order valence-corrected chi connectivity index (χ1v) is 10.1. The number of carbonyl (C=O) groups excluding carboxylic acids is 2. The molecule has 0 aromatic heterocycles. The Kier molecular flexibility index (Phi) is 7.04. The number of ether oxygens (including phenoxy) is 1. The van der Waals surface area contributed by atoms with Gasteiger partial charge in [-0.05, 0) is 5.56 Å². The number of morpholine rings is 1. The Morgan fingerprint density at radius 3 is 2.46 bits per heavy atom. The molecule has 0 unspecified atom stereocenters. The predicted octanol–water partition coefficient (Wildman–Crippen LogP) is 0.543. The van der Waals surface area contributed by atoms with Gasteiger partial charge in [0.15, 0.2) is 0 Å². The second-order valence-corrected chi connectivity index (χ2v) is 7.57. The lowest BCUT2D eigenvalue weighted by Gasteiger charge is -2.56. The second-order valence-electron chi connectivity index (χ2n) is 7.57. The van der Waals surface area contributed by atoms with Crippen molar-refractivity contribution in [3.05, 3.63) is 35.9 Å². The van der Waals surface area contributed by atoms with Crippen molar-refractivity contribution >= 4 is 11.8 Å². The molecule has 3 atom stereocenters. The van der Waals surface area contributed by atoms with Gasteiger partial charge >= 0.3 is 0 Å². The molecule has 1 N–H and O–H groups in total. The number of aliphatic hydroxyl groups is 1. The maximum atomic E-state index is 12.7. The summed E-state index contributed by atoms with van der Waals surface area (Å²) < 4.78 is 5.34. The third-order valence-corrected chi connectivity index (χ3v) is 5.85. The summed E-state index contributed by atoms with van der Waals surface area (Å²) in [4.78, 5) is 30.8. The quantitative estimate of drug-likeness (QED) is 0.737. The van der Waals surface area contributed by atoms with Crippen molar-refractivity contribution < 1.29 is 19.4 Å². The molecule has 0 radical (unpaired) electrons. The van der Waals surface area contributed by atoms with Gasteiger partial charge in [-0.3, -0.25) is 14.5 Å². The number of likely N-dealkylation sites (tertiary alicyclic amines) is 1. The number of aliphatic hydroxyl groups excluding tert-OH is 1. The van der Waals surface area contributed by atoms with Crippen LogP contribution in [-0.2, 0) is 14.3 Å². The second kappa shape index (κ2) is 9.49. The topological polar surface area (TPSA) is 73.3 Å². The van der Waals surface area contributed by atoms with Gasteiger partial charge in [-0.25, -0.2) is 0 Å². The van der Waals surface area contributed by atoms with Crippen molar-refractivity contribution in [1.29, 1.82) is 0 Å². The van der Waals surface area contributed by atoms with Crippen LogP contribution in [0.15, 0.2) is 30.3 Å². The molecule has 154 valence electrons. The monoisotopic (exact) mass is 389 g/mol. The first-order valence-electron chi connectivity index (χ1n) is 10.1. The lowest BCUT2D eigenvalue weighted by molar-refractivity contribution is -0.154. The summed E-state index contributed by atoms with van der Waals surface area (Å²) >= 11 is 0. The number of amides is 2. The molecule has 2 aliphatic heterocycles. The predicted molar refractivity (Wildman–Crippen MR) is 106 cm³/mol. The van der Waals surface area contributed by atoms with E-state index in [2.05, 4.69) is 4.90 Å². The van der Waals surface area contributed by atoms with Crippen molar-refractivity contribution in [2.24, 2.45) is 0 Å². The van der Waals surface area contributed by atoms with Gasteiger partial charge in [-0.1, -0.05) is 37.3 Å². The van der Waals surface area contributed by atoms with Crippen molar-refractivity contribution in [2.75, 3.05) is 53.0 Å². The van der Waals surface area contributed by atoms with E-state index in [1.54, 1.807) is 16.8 Å². The van der Waals surface area contributed by atoms with Crippen LogP contribution < -0.4 is 0 Å². The molecule has 2 fully saturated rings. The Labute approximate surface area is 166 Å². The normalized spacial score (nSPS) is 25.2. The molecule has 2 amide bonds. The Bertz CT molecular complexity index is 663. The third-order valence-electron chi connectivity index (χ3n) is 5.85. The molecule has 7 heteroatoms. The fourth-order valence-electron chi connectivity index (χ4n) is 4.28. The average molecular weight is 389 g/mol. The van der Waals surface area contributed by atoms with Crippen LogP contribution in [0.2, 0.25) is 0 Å². The van der Waals surface area contributed by atoms with Gasteiger partial charge in [-0.2, -0.15) is 0 Å². The van der Waals surface area contributed by atoms with E-state index in [4.69, 9.17) is 4.74 Å². The van der Waals surface area contributed by atoms with Crippen LogP contribution in [0.25, 0.3) is 0 Å². The highest BCUT2D eigenvalue weighted by molar-refractivity contribution is 5.80. The highest BCUT2D eigenvalue weighted by Gasteiger charge is 2.51. The van der Waals surface area contributed by atoms with Gasteiger partial charge in [0.1, 0.15) is 0 Å². The summed E-state index contributed by atoms with van der Waals surface area (Å²) in [5.41, 5.74) is 1.10. The van der Waals surface area contributed by atoms with Gasteiger partial charge in [-0.15, -0.1) is 0 Å². The van der Waals surface area contributed by atoms with E-state index < -0.39 is 0 Å². The van der Waals surface area contributed by atoms with Crippen LogP contribution in [0.5, 0.6) is 0 Å². The average Bonchev–Trinajstić information content (AvgIpc) is 2.71. The molecule has 2 aliphatic rings. The molecule has 7 nitrogen and oxygen atoms in total. The molecule has 1 aromatic carbocycles. The van der Waals surface area contributed by atoms with Crippen LogP contribution in [-0.4, -0.2) is 96.8 Å². The van der Waals surface area contributed by atoms with E-state index in [1.165, 1.54) is 0 Å². The molecular formula is C21H31N3O4. The van der Waals surface area contributed by atoms with Crippen LogP contribution in [0.1, 0.15) is 24.8 Å². The lowest BCUT2D eigenvalue weighted by atomic mass is 9.74. The Balaban J connectivity index is 1.71. The smallest absolute Gasteiger partial charge is 0.236 e. The zero-order valence-corrected chi connectivity index (χ0v) is 16.8. The number of hydrogen-bond donors (Lipinski definition) is 1. The molecule has 2 saturated heterocycles. The van der Waals surface area contributed by atoms with E-state index in [0.717, 1.165) is 18.7 Å². The molecule has 1 aromatic rings. The van der Waals surface area contributed by atoms with E-state index in [0.29, 0.717) is 32.7 Å². The van der Waals surface area contributed by atoms with E-state index in [1.807, 2.05) is 37.3 Å². The van der Waals surface area contributed by atoms with Crippen molar-refractivity contribution in [3.63, 3.8) is 0 Å². The third kappa shape index (κ3) is 4.37. The maximum Gasteiger partial charge on any atom is 0.236 e. The van der Waals surface area contributed by atoms with Gasteiger partial charge in [0.2, 0.25) is 11.8 Å². The standard InChI is InChI=1S/C21H31N3O4/c1-3-19(26)24-17(21(18(24)15-25)16-7-5-4-6-8-16)13-22(2)20(27)14-23-9-11-28-12-10-23/h4-8,17-18,21,25H,3,9-15H2,1-2H3/t17-,18+,21-/m1/s1. The fraction of sp³-hybridized carbons (Fsp3) is 0.619. The van der Waals surface area contributed by atoms with Crippen LogP contribution in [0.3, 0.4) is 0 Å². The Morgan fingerprint density at radius 1 is 1.18 bits per heavy atom. The van der Waals surface area contributed by atoms with E-state index >= 15 is 0 Å². The van der Waals surface area contributed by atoms with Crippen LogP contribution >= 0.6 is 0 Å². The van der Waals surface area contributed by atoms with Gasteiger partial charge in [0, 0.05) is 39.0 Å². The SMILES string of the molecule is CCC(=O)N1[C@H](CN(C)C(=O)CN2CCOCC2)[C@@H](c2ccccc2)[C@@H]1CO. The molecule has 2 heterocycles. The van der Waals surface area contributed by atoms with Crippen LogP contribution in [0.4, 0.5) is 0 Å². The van der Waals surface area contributed by atoms with Crippen LogP contribution in [0, 0.1) is 0 Å². The van der Waals surface area contributed by atoms with E-state index in [9.17, 15) is 14.7 Å². The summed E-state index contributed by atoms with van der Waals surface area (Å²) in [6, 6.07) is 9.61. The highest BCUT2D eigenvalue weighted by Crippen LogP contribution is 2.41. The molecule has 0 aliphatic carbocycles. The zero-order valence-electron chi connectivity index (χ0n) is 16.8. The van der Waals surface area contributed by atoms with Gasteiger partial charge in [0.25, 0.3) is 0 Å². The molecule has 28 heavy (non-hydrogen) atoms. The summed E-state index contributed by atoms with van der Waals surface area (Å²) in [6.45, 7) is 5.44. The minimum absolute atomic E-state index is 0.0188. The number of nitrogens with zero attached hydrogens (tertiary/aromatic N) is 3. The number of hydrogen-bond acceptors (Lipinski definition) is 5. The number of rotatable bonds is 7. The highest BCUT2D eigenvalue weighted by atomic mass is 16.5. The molecule has 0 saturated carbocycles. The molecule has 0 bridgehead atoms. The lowest BCUT2D eigenvalue weighted by Crippen LogP contribution is -2.68. The summed E-state index contributed by atoms with van der Waals surface area (Å²) in [7, 11) is 1.80. The first-order chi connectivity index (χ1) is 13.6. The summed E-state index contributed by atoms with van der Waals surface area (Å²) in [5.74, 6) is 0.0932. The van der Waals surface area contributed by atoms with Crippen molar-refractivity contribution in [1.82, 2.24) is 14.7 Å². The van der Waals surface area contributed by atoms with Crippen molar-refractivity contribution in [3.8, 4) is 0 Å². The number of benzene rings is 1. The Morgan fingerprint density at radius 2 is 1.86 bits per heavy atom. The minimum atomic E-state index is -0.234. The van der Waals surface area contributed by atoms with Crippen molar-refractivity contribution in [2.45, 2.75) is 31.3 Å². The minimum Gasteiger partial charge on any atom is -0.394 e. The zero-order chi connectivity index (χ0) is 20.1. The fourth-order valence-corrected chi connectivity index (χ4v) is 4.28.